The summed E-state index contributed by atoms with van der Waals surface area (Å²) >= 11 is 1.17. The molecule has 0 amide bonds. The van der Waals surface area contributed by atoms with Gasteiger partial charge in [0, 0.05) is 6.54 Å². The van der Waals surface area contributed by atoms with Crippen LogP contribution in [0.2, 0.25) is 0 Å². The fraction of sp³-hybridized carbons (Fsp3) is 0.118. The highest BCUT2D eigenvalue weighted by Gasteiger charge is 2.15. The van der Waals surface area contributed by atoms with Crippen molar-refractivity contribution in [3.8, 4) is 0 Å². The van der Waals surface area contributed by atoms with Crippen LogP contribution < -0.4 is 10.0 Å². The smallest absolute Gasteiger partial charge is 0.272 e. The largest absolute Gasteiger partial charge is 0.380 e. The summed E-state index contributed by atoms with van der Waals surface area (Å²) < 4.78 is 27.0. The van der Waals surface area contributed by atoms with E-state index in [1.807, 2.05) is 0 Å². The Hall–Kier alpha value is -2.38. The van der Waals surface area contributed by atoms with E-state index in [1.54, 1.807) is 35.8 Å². The zero-order chi connectivity index (χ0) is 17.0. The number of nitrogens with one attached hydrogen (secondary N) is 2. The Morgan fingerprint density at radius 3 is 2.50 bits per heavy atom. The molecule has 2 aromatic heterocycles. The summed E-state index contributed by atoms with van der Waals surface area (Å²) in [5.41, 5.74) is 3.22. The van der Waals surface area contributed by atoms with Crippen LogP contribution in [-0.2, 0) is 16.6 Å². The number of pyridine rings is 1. The molecule has 2 heterocycles. The first-order valence-corrected chi connectivity index (χ1v) is 9.71. The van der Waals surface area contributed by atoms with Gasteiger partial charge in [0.25, 0.3) is 10.0 Å². The molecule has 5 nitrogen and oxygen atoms in total. The lowest BCUT2D eigenvalue weighted by Gasteiger charge is -2.09. The fourth-order valence-corrected chi connectivity index (χ4v) is 4.07. The average molecular weight is 359 g/mol. The van der Waals surface area contributed by atoms with E-state index >= 15 is 0 Å². The van der Waals surface area contributed by atoms with Crippen molar-refractivity contribution >= 4 is 32.9 Å². The van der Waals surface area contributed by atoms with Gasteiger partial charge in [-0.3, -0.25) is 4.72 Å². The van der Waals surface area contributed by atoms with Crippen LogP contribution in [0, 0.1) is 6.92 Å². The van der Waals surface area contributed by atoms with E-state index in [2.05, 4.69) is 46.2 Å². The number of thiophene rings is 1. The molecule has 0 bridgehead atoms. The van der Waals surface area contributed by atoms with E-state index in [0.717, 1.165) is 5.69 Å². The summed E-state index contributed by atoms with van der Waals surface area (Å²) in [7, 11) is -3.56. The lowest BCUT2D eigenvalue weighted by Crippen LogP contribution is -2.12. The molecule has 1 aromatic carbocycles. The molecule has 0 saturated carbocycles. The first kappa shape index (κ1) is 16.5. The van der Waals surface area contributed by atoms with Crippen LogP contribution in [-0.4, -0.2) is 13.4 Å². The van der Waals surface area contributed by atoms with Gasteiger partial charge in [-0.1, -0.05) is 35.9 Å². The third-order valence-electron chi connectivity index (χ3n) is 3.38. The molecule has 7 heteroatoms. The second-order valence-electron chi connectivity index (χ2n) is 5.31. The Balaban J connectivity index is 1.62. The molecular weight excluding hydrogens is 342 g/mol. The lowest BCUT2D eigenvalue weighted by molar-refractivity contribution is 0.603. The van der Waals surface area contributed by atoms with Crippen LogP contribution in [0.25, 0.3) is 0 Å². The van der Waals surface area contributed by atoms with Crippen molar-refractivity contribution in [2.75, 3.05) is 10.0 Å². The molecule has 0 fully saturated rings. The minimum Gasteiger partial charge on any atom is -0.380 e. The van der Waals surface area contributed by atoms with Gasteiger partial charge in [0.2, 0.25) is 0 Å². The van der Waals surface area contributed by atoms with E-state index in [4.69, 9.17) is 0 Å². The maximum atomic E-state index is 12.1. The van der Waals surface area contributed by atoms with Gasteiger partial charge in [0.1, 0.15) is 10.0 Å². The molecule has 0 radical (unpaired) electrons. The molecule has 0 atom stereocenters. The first-order chi connectivity index (χ1) is 11.5. The van der Waals surface area contributed by atoms with E-state index in [9.17, 15) is 8.42 Å². The molecule has 2 N–H and O–H groups in total. The second kappa shape index (κ2) is 7.02. The second-order valence-corrected chi connectivity index (χ2v) is 8.17. The number of hydrogen-bond donors (Lipinski definition) is 2. The van der Waals surface area contributed by atoms with Gasteiger partial charge in [-0.2, -0.15) is 0 Å². The Kier molecular flexibility index (Phi) is 4.82. The molecule has 0 saturated heterocycles. The first-order valence-electron chi connectivity index (χ1n) is 7.35. The summed E-state index contributed by atoms with van der Waals surface area (Å²) in [4.78, 5) is 4.15. The normalized spacial score (nSPS) is 11.2. The monoisotopic (exact) mass is 359 g/mol. The third kappa shape index (κ3) is 4.12. The van der Waals surface area contributed by atoms with Crippen LogP contribution in [0.15, 0.2) is 64.3 Å². The van der Waals surface area contributed by atoms with Crippen molar-refractivity contribution in [1.29, 1.82) is 0 Å². The lowest BCUT2D eigenvalue weighted by atomic mass is 10.1. The van der Waals surface area contributed by atoms with Gasteiger partial charge in [-0.25, -0.2) is 13.4 Å². The highest BCUT2D eigenvalue weighted by Crippen LogP contribution is 2.20. The maximum absolute atomic E-state index is 12.1. The van der Waals surface area contributed by atoms with Gasteiger partial charge in [-0.15, -0.1) is 11.3 Å². The van der Waals surface area contributed by atoms with Crippen LogP contribution in [0.3, 0.4) is 0 Å². The van der Waals surface area contributed by atoms with Gasteiger partial charge >= 0.3 is 0 Å². The van der Waals surface area contributed by atoms with Crippen molar-refractivity contribution < 1.29 is 8.42 Å². The van der Waals surface area contributed by atoms with Gasteiger partial charge < -0.3 is 5.32 Å². The number of sulfonamides is 1. The highest BCUT2D eigenvalue weighted by atomic mass is 32.2. The van der Waals surface area contributed by atoms with E-state index < -0.39 is 10.0 Å². The van der Waals surface area contributed by atoms with Crippen LogP contribution in [0.1, 0.15) is 11.1 Å². The number of anilines is 2. The summed E-state index contributed by atoms with van der Waals surface area (Å²) in [6.45, 7) is 2.74. The van der Waals surface area contributed by atoms with Crippen molar-refractivity contribution in [2.24, 2.45) is 0 Å². The van der Waals surface area contributed by atoms with E-state index in [1.165, 1.54) is 22.5 Å². The number of aryl methyl sites for hydroxylation is 1. The number of nitrogens with zero attached hydrogens (tertiary/aromatic N) is 1. The molecule has 0 aliphatic carbocycles. The van der Waals surface area contributed by atoms with E-state index in [-0.39, 0.29) is 4.21 Å². The van der Waals surface area contributed by atoms with E-state index in [0.29, 0.717) is 12.4 Å². The third-order valence-corrected chi connectivity index (χ3v) is 6.13. The summed E-state index contributed by atoms with van der Waals surface area (Å²) in [5.74, 6) is 0.296. The van der Waals surface area contributed by atoms with Crippen LogP contribution in [0.4, 0.5) is 11.5 Å². The minimum atomic E-state index is -3.56. The summed E-state index contributed by atoms with van der Waals surface area (Å²) in [6, 6.07) is 15.0. The zero-order valence-electron chi connectivity index (χ0n) is 13.1. The highest BCUT2D eigenvalue weighted by molar-refractivity contribution is 7.94. The summed E-state index contributed by atoms with van der Waals surface area (Å²) in [5, 5.41) is 4.98. The quantitative estimate of drug-likeness (QED) is 0.701. The topological polar surface area (TPSA) is 71.1 Å². The van der Waals surface area contributed by atoms with Crippen molar-refractivity contribution in [3.05, 3.63) is 71.2 Å². The standard InChI is InChI=1S/C17H17N3O2S2/c1-13-4-6-14(7-5-13)11-18-15-8-9-16(19-12-15)20-24(21,22)17-3-2-10-23-17/h2-10,12,18H,11H2,1H3,(H,19,20). The summed E-state index contributed by atoms with van der Waals surface area (Å²) in [6.07, 6.45) is 1.61. The van der Waals surface area contributed by atoms with Crippen molar-refractivity contribution in [2.45, 2.75) is 17.7 Å². The minimum absolute atomic E-state index is 0.269. The zero-order valence-corrected chi connectivity index (χ0v) is 14.7. The van der Waals surface area contributed by atoms with Crippen molar-refractivity contribution in [3.63, 3.8) is 0 Å². The average Bonchev–Trinajstić information content (AvgIpc) is 3.11. The Labute approximate surface area is 145 Å². The number of rotatable bonds is 6. The molecule has 3 rings (SSSR count). The van der Waals surface area contributed by atoms with Crippen LogP contribution in [0.5, 0.6) is 0 Å². The molecular formula is C17H17N3O2S2. The number of hydrogen-bond acceptors (Lipinski definition) is 5. The molecule has 0 unspecified atom stereocenters. The van der Waals surface area contributed by atoms with Gasteiger partial charge in [0.15, 0.2) is 0 Å². The SMILES string of the molecule is Cc1ccc(CNc2ccc(NS(=O)(=O)c3cccs3)nc2)cc1. The van der Waals surface area contributed by atoms with Crippen molar-refractivity contribution in [1.82, 2.24) is 4.98 Å². The number of benzene rings is 1. The molecule has 3 aromatic rings. The molecule has 0 aliphatic heterocycles. The van der Waals surface area contributed by atoms with Crippen LogP contribution >= 0.6 is 11.3 Å². The molecule has 124 valence electrons. The molecule has 0 aliphatic rings. The predicted octanol–water partition coefficient (Wildman–Crippen LogP) is 3.86. The van der Waals surface area contributed by atoms with Gasteiger partial charge in [-0.05, 0) is 36.1 Å². The Morgan fingerprint density at radius 1 is 1.08 bits per heavy atom. The Bertz CT molecular complexity index is 888. The Morgan fingerprint density at radius 2 is 1.88 bits per heavy atom. The molecule has 0 spiro atoms. The maximum Gasteiger partial charge on any atom is 0.272 e. The number of aromatic nitrogens is 1. The predicted molar refractivity (Wildman–Crippen MR) is 97.9 cm³/mol. The molecule has 24 heavy (non-hydrogen) atoms. The fourth-order valence-electron chi connectivity index (χ4n) is 2.07. The van der Waals surface area contributed by atoms with Gasteiger partial charge in [0.05, 0.1) is 11.9 Å².